The molecule has 3 N–H and O–H groups in total. The lowest BCUT2D eigenvalue weighted by atomic mass is 10.1. The van der Waals surface area contributed by atoms with Gasteiger partial charge in [0.15, 0.2) is 0 Å². The summed E-state index contributed by atoms with van der Waals surface area (Å²) >= 11 is 0. The Labute approximate surface area is 124 Å². The molecule has 0 bridgehead atoms. The lowest BCUT2D eigenvalue weighted by molar-refractivity contribution is -0.141. The first-order valence-corrected chi connectivity index (χ1v) is 7.40. The molecular formula is C16H22N2O3. The molecule has 2 rings (SSSR count). The van der Waals surface area contributed by atoms with Gasteiger partial charge in [0, 0.05) is 18.5 Å². The minimum atomic E-state index is -0.789. The maximum atomic E-state index is 11.7. The number of rotatable bonds is 7. The molecule has 21 heavy (non-hydrogen) atoms. The van der Waals surface area contributed by atoms with Crippen molar-refractivity contribution in [2.24, 2.45) is 5.92 Å². The maximum absolute atomic E-state index is 11.7. The van der Waals surface area contributed by atoms with E-state index in [0.717, 1.165) is 6.42 Å². The molecule has 1 fully saturated rings. The molecule has 3 atom stereocenters. The third-order valence-corrected chi connectivity index (χ3v) is 3.86. The first-order valence-electron chi connectivity index (χ1n) is 7.40. The van der Waals surface area contributed by atoms with Crippen LogP contribution in [0.5, 0.6) is 0 Å². The van der Waals surface area contributed by atoms with E-state index in [-0.39, 0.29) is 18.0 Å². The zero-order valence-corrected chi connectivity index (χ0v) is 12.2. The van der Waals surface area contributed by atoms with Gasteiger partial charge in [-0.1, -0.05) is 37.3 Å². The predicted octanol–water partition coefficient (Wildman–Crippen LogP) is 2.34. The second kappa shape index (κ2) is 7.11. The van der Waals surface area contributed by atoms with Gasteiger partial charge in [0.1, 0.15) is 0 Å². The highest BCUT2D eigenvalue weighted by molar-refractivity contribution is 5.75. The largest absolute Gasteiger partial charge is 0.481 e. The zero-order valence-electron chi connectivity index (χ0n) is 12.2. The van der Waals surface area contributed by atoms with Crippen LogP contribution in [0.1, 0.15) is 37.7 Å². The fourth-order valence-electron chi connectivity index (χ4n) is 2.38. The van der Waals surface area contributed by atoms with Gasteiger partial charge < -0.3 is 15.7 Å². The first-order chi connectivity index (χ1) is 10.1. The Morgan fingerprint density at radius 3 is 2.71 bits per heavy atom. The van der Waals surface area contributed by atoms with E-state index in [1.165, 1.54) is 5.56 Å². The van der Waals surface area contributed by atoms with Crippen molar-refractivity contribution >= 4 is 12.0 Å². The number of benzene rings is 1. The number of hydrogen-bond donors (Lipinski definition) is 3. The highest BCUT2D eigenvalue weighted by Gasteiger charge is 2.39. The zero-order chi connectivity index (χ0) is 15.2. The summed E-state index contributed by atoms with van der Waals surface area (Å²) in [5, 5.41) is 14.5. The Kier molecular flexibility index (Phi) is 5.20. The van der Waals surface area contributed by atoms with E-state index in [9.17, 15) is 9.59 Å². The molecule has 0 aromatic heterocycles. The van der Waals surface area contributed by atoms with Crippen molar-refractivity contribution in [2.75, 3.05) is 6.54 Å². The average Bonchev–Trinajstić information content (AvgIpc) is 3.23. The minimum absolute atomic E-state index is 0.165. The van der Waals surface area contributed by atoms with Gasteiger partial charge in [-0.25, -0.2) is 4.79 Å². The summed E-state index contributed by atoms with van der Waals surface area (Å²) in [5.41, 5.74) is 1.26. The molecule has 114 valence electrons. The van der Waals surface area contributed by atoms with Crippen LogP contribution in [0.3, 0.4) is 0 Å². The molecule has 5 heteroatoms. The normalized spacial score (nSPS) is 21.4. The molecule has 1 saturated carbocycles. The van der Waals surface area contributed by atoms with E-state index in [0.29, 0.717) is 25.3 Å². The average molecular weight is 290 g/mol. The fourth-order valence-corrected chi connectivity index (χ4v) is 2.38. The van der Waals surface area contributed by atoms with Gasteiger partial charge in [-0.3, -0.25) is 4.79 Å². The van der Waals surface area contributed by atoms with Crippen LogP contribution in [0.4, 0.5) is 4.79 Å². The molecule has 0 heterocycles. The van der Waals surface area contributed by atoms with Gasteiger partial charge in [-0.15, -0.1) is 0 Å². The SMILES string of the molecule is CC(CCCNC(=O)NC1CC1c1ccccc1)C(=O)O. The Hall–Kier alpha value is -2.04. The number of hydrogen-bond acceptors (Lipinski definition) is 2. The molecule has 0 radical (unpaired) electrons. The van der Waals surface area contributed by atoms with Crippen molar-refractivity contribution in [2.45, 2.75) is 38.1 Å². The summed E-state index contributed by atoms with van der Waals surface area (Å²) in [6.45, 7) is 2.18. The topological polar surface area (TPSA) is 78.4 Å². The molecule has 1 aliphatic rings. The monoisotopic (exact) mass is 290 g/mol. The maximum Gasteiger partial charge on any atom is 0.315 e. The van der Waals surface area contributed by atoms with Crippen LogP contribution in [-0.2, 0) is 4.79 Å². The van der Waals surface area contributed by atoms with Crippen LogP contribution in [-0.4, -0.2) is 29.7 Å². The Balaban J connectivity index is 1.60. The van der Waals surface area contributed by atoms with Crippen molar-refractivity contribution in [3.63, 3.8) is 0 Å². The third-order valence-electron chi connectivity index (χ3n) is 3.86. The molecule has 1 aromatic rings. The van der Waals surface area contributed by atoms with Crippen LogP contribution >= 0.6 is 0 Å². The van der Waals surface area contributed by atoms with E-state index in [4.69, 9.17) is 5.11 Å². The molecule has 5 nitrogen and oxygen atoms in total. The lowest BCUT2D eigenvalue weighted by Crippen LogP contribution is -2.37. The van der Waals surface area contributed by atoms with Gasteiger partial charge >= 0.3 is 12.0 Å². The van der Waals surface area contributed by atoms with Crippen molar-refractivity contribution in [3.05, 3.63) is 35.9 Å². The Morgan fingerprint density at radius 1 is 1.33 bits per heavy atom. The number of carboxylic acids is 1. The molecule has 3 unspecified atom stereocenters. The number of carboxylic acid groups (broad SMARTS) is 1. The summed E-state index contributed by atoms with van der Waals surface area (Å²) < 4.78 is 0. The number of urea groups is 1. The van der Waals surface area contributed by atoms with Gasteiger partial charge in [-0.05, 0) is 24.8 Å². The summed E-state index contributed by atoms with van der Waals surface area (Å²) in [5.74, 6) is -0.729. The van der Waals surface area contributed by atoms with Crippen LogP contribution in [0, 0.1) is 5.92 Å². The smallest absolute Gasteiger partial charge is 0.315 e. The van der Waals surface area contributed by atoms with Crippen LogP contribution < -0.4 is 10.6 Å². The van der Waals surface area contributed by atoms with Crippen LogP contribution in [0.15, 0.2) is 30.3 Å². The highest BCUT2D eigenvalue weighted by atomic mass is 16.4. The van der Waals surface area contributed by atoms with Crippen LogP contribution in [0.25, 0.3) is 0 Å². The Bertz CT molecular complexity index is 490. The van der Waals surface area contributed by atoms with Gasteiger partial charge in [-0.2, -0.15) is 0 Å². The van der Waals surface area contributed by atoms with Crippen molar-refractivity contribution in [1.29, 1.82) is 0 Å². The standard InChI is InChI=1S/C16H22N2O3/c1-11(15(19)20)6-5-9-17-16(21)18-14-10-13(14)12-7-3-2-4-8-12/h2-4,7-8,11,13-14H,5-6,9-10H2,1H3,(H,19,20)(H2,17,18,21). The second-order valence-electron chi connectivity index (χ2n) is 5.64. The van der Waals surface area contributed by atoms with Crippen molar-refractivity contribution in [3.8, 4) is 0 Å². The molecule has 0 spiro atoms. The van der Waals surface area contributed by atoms with Crippen molar-refractivity contribution in [1.82, 2.24) is 10.6 Å². The molecule has 2 amide bonds. The van der Waals surface area contributed by atoms with E-state index in [1.807, 2.05) is 18.2 Å². The van der Waals surface area contributed by atoms with Crippen LogP contribution in [0.2, 0.25) is 0 Å². The number of amides is 2. The quantitative estimate of drug-likeness (QED) is 0.674. The van der Waals surface area contributed by atoms with Gasteiger partial charge in [0.2, 0.25) is 0 Å². The molecule has 1 aliphatic carbocycles. The third kappa shape index (κ3) is 4.77. The summed E-state index contributed by atoms with van der Waals surface area (Å²) in [6.07, 6.45) is 2.23. The predicted molar refractivity (Wildman–Crippen MR) is 80.2 cm³/mol. The van der Waals surface area contributed by atoms with E-state index in [2.05, 4.69) is 22.8 Å². The van der Waals surface area contributed by atoms with E-state index < -0.39 is 5.97 Å². The van der Waals surface area contributed by atoms with Crippen molar-refractivity contribution < 1.29 is 14.7 Å². The number of carbonyl (C=O) groups is 2. The second-order valence-corrected chi connectivity index (χ2v) is 5.64. The fraction of sp³-hybridized carbons (Fsp3) is 0.500. The molecule has 1 aromatic carbocycles. The summed E-state index contributed by atoms with van der Waals surface area (Å²) in [6, 6.07) is 10.2. The Morgan fingerprint density at radius 2 is 2.05 bits per heavy atom. The van der Waals surface area contributed by atoms with Gasteiger partial charge in [0.25, 0.3) is 0 Å². The molecular weight excluding hydrogens is 268 g/mol. The first kappa shape index (κ1) is 15.4. The summed E-state index contributed by atoms with van der Waals surface area (Å²) in [4.78, 5) is 22.4. The number of carbonyl (C=O) groups excluding carboxylic acids is 1. The van der Waals surface area contributed by atoms with E-state index in [1.54, 1.807) is 6.92 Å². The number of aliphatic carboxylic acids is 1. The van der Waals surface area contributed by atoms with Gasteiger partial charge in [0.05, 0.1) is 5.92 Å². The highest BCUT2D eigenvalue weighted by Crippen LogP contribution is 2.40. The minimum Gasteiger partial charge on any atom is -0.481 e. The molecule has 0 saturated heterocycles. The van der Waals surface area contributed by atoms with E-state index >= 15 is 0 Å². The molecule has 0 aliphatic heterocycles. The summed E-state index contributed by atoms with van der Waals surface area (Å²) in [7, 11) is 0. The number of nitrogens with one attached hydrogen (secondary N) is 2. The lowest BCUT2D eigenvalue weighted by Gasteiger charge is -2.09.